The minimum absolute atomic E-state index is 0.0764. The summed E-state index contributed by atoms with van der Waals surface area (Å²) in [6.07, 6.45) is 92.2. The molecule has 0 aromatic heterocycles. The summed E-state index contributed by atoms with van der Waals surface area (Å²) in [6, 6.07) is 0. The van der Waals surface area contributed by atoms with E-state index in [2.05, 4.69) is 93.7 Å². The molecular formula is C76H136O6. The van der Waals surface area contributed by atoms with Gasteiger partial charge in [0, 0.05) is 19.3 Å². The molecular weight excluding hydrogens is 1010 g/mol. The Labute approximate surface area is 510 Å². The molecule has 0 aliphatic rings. The molecule has 0 aliphatic heterocycles. The molecule has 0 aliphatic carbocycles. The number of hydrogen-bond donors (Lipinski definition) is 0. The summed E-state index contributed by atoms with van der Waals surface area (Å²) >= 11 is 0. The molecule has 6 heteroatoms. The fourth-order valence-corrected chi connectivity index (χ4v) is 10.6. The summed E-state index contributed by atoms with van der Waals surface area (Å²) in [7, 11) is 0. The van der Waals surface area contributed by atoms with Gasteiger partial charge in [0.1, 0.15) is 13.2 Å². The summed E-state index contributed by atoms with van der Waals surface area (Å²) < 4.78 is 17.0. The lowest BCUT2D eigenvalue weighted by Gasteiger charge is -2.18. The van der Waals surface area contributed by atoms with Gasteiger partial charge in [-0.3, -0.25) is 14.4 Å². The first-order chi connectivity index (χ1) is 40.5. The van der Waals surface area contributed by atoms with Gasteiger partial charge in [-0.2, -0.15) is 0 Å². The van der Waals surface area contributed by atoms with E-state index < -0.39 is 6.10 Å². The van der Waals surface area contributed by atoms with Gasteiger partial charge in [0.25, 0.3) is 0 Å². The van der Waals surface area contributed by atoms with Crippen molar-refractivity contribution >= 4 is 17.9 Å². The predicted molar refractivity (Wildman–Crippen MR) is 358 cm³/mol. The van der Waals surface area contributed by atoms with E-state index in [1.54, 1.807) is 0 Å². The molecule has 0 aromatic carbocycles. The molecule has 476 valence electrons. The van der Waals surface area contributed by atoms with Crippen molar-refractivity contribution in [1.82, 2.24) is 0 Å². The van der Waals surface area contributed by atoms with Crippen molar-refractivity contribution in [2.24, 2.45) is 0 Å². The molecule has 0 saturated carbocycles. The second-order valence-electron chi connectivity index (χ2n) is 24.1. The third-order valence-electron chi connectivity index (χ3n) is 15.9. The van der Waals surface area contributed by atoms with Crippen LogP contribution in [0.2, 0.25) is 0 Å². The SMILES string of the molecule is CC/C=C\C/C=C\C/C=C\C/C=C\CCCCCCCCC(=O)OC(COC(=O)CCCCCCCCCCCCCCCC)COC(=O)CCCCCCCCCCCCCCCCCCCCC/C=C\C/C=C\CCCCCCC. The lowest BCUT2D eigenvalue weighted by molar-refractivity contribution is -0.167. The third-order valence-corrected chi connectivity index (χ3v) is 15.9. The predicted octanol–water partition coefficient (Wildman–Crippen LogP) is 24.8. The molecule has 0 fully saturated rings. The van der Waals surface area contributed by atoms with Crippen LogP contribution in [0.5, 0.6) is 0 Å². The quantitative estimate of drug-likeness (QED) is 0.0261. The largest absolute Gasteiger partial charge is 0.462 e. The first-order valence-electron chi connectivity index (χ1n) is 35.9. The number of allylic oxidation sites excluding steroid dienone is 12. The Balaban J connectivity index is 4.21. The molecule has 0 N–H and O–H groups in total. The average molecular weight is 1150 g/mol. The van der Waals surface area contributed by atoms with Crippen LogP contribution in [0.1, 0.15) is 374 Å². The van der Waals surface area contributed by atoms with E-state index >= 15 is 0 Å². The summed E-state index contributed by atoms with van der Waals surface area (Å²) in [6.45, 7) is 6.56. The molecule has 0 rings (SSSR count). The van der Waals surface area contributed by atoms with Gasteiger partial charge in [-0.1, -0.05) is 338 Å². The van der Waals surface area contributed by atoms with Crippen LogP contribution in [0.4, 0.5) is 0 Å². The fourth-order valence-electron chi connectivity index (χ4n) is 10.6. The van der Waals surface area contributed by atoms with Gasteiger partial charge in [-0.05, 0) is 89.9 Å². The summed E-state index contributed by atoms with van der Waals surface area (Å²) in [5.41, 5.74) is 0. The third kappa shape index (κ3) is 67.6. The Bertz CT molecular complexity index is 1500. The van der Waals surface area contributed by atoms with Crippen molar-refractivity contribution in [3.05, 3.63) is 72.9 Å². The lowest BCUT2D eigenvalue weighted by atomic mass is 10.0. The van der Waals surface area contributed by atoms with Crippen molar-refractivity contribution in [1.29, 1.82) is 0 Å². The van der Waals surface area contributed by atoms with Crippen molar-refractivity contribution in [2.75, 3.05) is 13.2 Å². The molecule has 0 radical (unpaired) electrons. The molecule has 0 amide bonds. The second-order valence-corrected chi connectivity index (χ2v) is 24.1. The van der Waals surface area contributed by atoms with E-state index in [1.165, 1.54) is 231 Å². The molecule has 6 nitrogen and oxygen atoms in total. The van der Waals surface area contributed by atoms with E-state index in [1.807, 2.05) is 0 Å². The normalized spacial score (nSPS) is 12.5. The number of carbonyl (C=O) groups excluding carboxylic acids is 3. The minimum atomic E-state index is -0.782. The van der Waals surface area contributed by atoms with Gasteiger partial charge in [-0.25, -0.2) is 0 Å². The Hall–Kier alpha value is -3.15. The zero-order valence-electron chi connectivity index (χ0n) is 54.8. The maximum atomic E-state index is 12.9. The molecule has 0 spiro atoms. The van der Waals surface area contributed by atoms with Crippen LogP contribution in [-0.4, -0.2) is 37.2 Å². The second kappa shape index (κ2) is 70.3. The van der Waals surface area contributed by atoms with Gasteiger partial charge in [-0.15, -0.1) is 0 Å². The van der Waals surface area contributed by atoms with Crippen LogP contribution in [0, 0.1) is 0 Å². The van der Waals surface area contributed by atoms with E-state index in [9.17, 15) is 14.4 Å². The van der Waals surface area contributed by atoms with Crippen LogP contribution in [-0.2, 0) is 28.6 Å². The Morgan fingerprint density at radius 2 is 0.476 bits per heavy atom. The highest BCUT2D eigenvalue weighted by Gasteiger charge is 2.19. The Kier molecular flexibility index (Phi) is 67.6. The van der Waals surface area contributed by atoms with E-state index in [0.29, 0.717) is 19.3 Å². The average Bonchev–Trinajstić information content (AvgIpc) is 3.47. The number of unbranched alkanes of at least 4 members (excludes halogenated alkanes) is 43. The van der Waals surface area contributed by atoms with Crippen molar-refractivity contribution in [3.8, 4) is 0 Å². The molecule has 82 heavy (non-hydrogen) atoms. The van der Waals surface area contributed by atoms with Crippen LogP contribution in [0.15, 0.2) is 72.9 Å². The number of rotatable bonds is 66. The number of ether oxygens (including phenoxy) is 3. The number of hydrogen-bond acceptors (Lipinski definition) is 6. The maximum absolute atomic E-state index is 12.9. The zero-order chi connectivity index (χ0) is 59.2. The highest BCUT2D eigenvalue weighted by atomic mass is 16.6. The molecule has 0 saturated heterocycles. The van der Waals surface area contributed by atoms with E-state index in [4.69, 9.17) is 14.2 Å². The molecule has 1 atom stereocenters. The lowest BCUT2D eigenvalue weighted by Crippen LogP contribution is -2.30. The van der Waals surface area contributed by atoms with Gasteiger partial charge in [0.2, 0.25) is 0 Å². The fraction of sp³-hybridized carbons (Fsp3) is 0.803. The van der Waals surface area contributed by atoms with Gasteiger partial charge in [0.05, 0.1) is 0 Å². The Morgan fingerprint density at radius 1 is 0.256 bits per heavy atom. The standard InChI is InChI=1S/C76H136O6/c1-4-7-10-13-16-19-22-25-28-30-32-33-34-35-36-37-38-39-40-41-42-43-45-46-48-51-54-57-60-63-66-69-75(78)81-72-73(71-80-74(77)68-65-62-59-56-53-50-27-24-21-18-15-12-9-6-3)82-76(79)70-67-64-61-58-55-52-49-47-44-31-29-26-23-20-17-14-11-8-5-2/h8,11,17,20,22,25-26,29-30,32,44,47,73H,4-7,9-10,12-16,18-19,21,23-24,27-28,31,33-43,45-46,48-72H2,1-3H3/b11-8-,20-17-,25-22-,29-26-,32-30-,47-44-. The summed E-state index contributed by atoms with van der Waals surface area (Å²) in [4.78, 5) is 38.4. The smallest absolute Gasteiger partial charge is 0.306 e. The minimum Gasteiger partial charge on any atom is -0.462 e. The molecule has 0 heterocycles. The number of esters is 3. The summed E-state index contributed by atoms with van der Waals surface area (Å²) in [5, 5.41) is 0. The first kappa shape index (κ1) is 78.8. The Morgan fingerprint density at radius 3 is 0.744 bits per heavy atom. The topological polar surface area (TPSA) is 78.9 Å². The number of carbonyl (C=O) groups is 3. The monoisotopic (exact) mass is 1150 g/mol. The van der Waals surface area contributed by atoms with Gasteiger partial charge in [0.15, 0.2) is 6.10 Å². The van der Waals surface area contributed by atoms with Crippen LogP contribution < -0.4 is 0 Å². The summed E-state index contributed by atoms with van der Waals surface area (Å²) in [5.74, 6) is -0.867. The highest BCUT2D eigenvalue weighted by Crippen LogP contribution is 2.18. The van der Waals surface area contributed by atoms with Crippen LogP contribution in [0.3, 0.4) is 0 Å². The van der Waals surface area contributed by atoms with Gasteiger partial charge >= 0.3 is 17.9 Å². The highest BCUT2D eigenvalue weighted by molar-refractivity contribution is 5.71. The van der Waals surface area contributed by atoms with Gasteiger partial charge < -0.3 is 14.2 Å². The van der Waals surface area contributed by atoms with Crippen molar-refractivity contribution in [3.63, 3.8) is 0 Å². The van der Waals surface area contributed by atoms with Crippen molar-refractivity contribution < 1.29 is 28.6 Å². The van der Waals surface area contributed by atoms with Crippen molar-refractivity contribution in [2.45, 2.75) is 380 Å². The molecule has 0 bridgehead atoms. The maximum Gasteiger partial charge on any atom is 0.306 e. The molecule has 1 unspecified atom stereocenters. The van der Waals surface area contributed by atoms with E-state index in [-0.39, 0.29) is 31.1 Å². The van der Waals surface area contributed by atoms with Crippen LogP contribution >= 0.6 is 0 Å². The van der Waals surface area contributed by atoms with Crippen LogP contribution in [0.25, 0.3) is 0 Å². The molecule has 0 aromatic rings. The zero-order valence-corrected chi connectivity index (χ0v) is 54.8. The van der Waals surface area contributed by atoms with E-state index in [0.717, 1.165) is 103 Å². The first-order valence-corrected chi connectivity index (χ1v) is 35.9.